The van der Waals surface area contributed by atoms with Crippen LogP contribution in [0.15, 0.2) is 18.2 Å². The molecular formula is C12H15F4NO. The van der Waals surface area contributed by atoms with E-state index in [1.54, 1.807) is 0 Å². The van der Waals surface area contributed by atoms with Crippen LogP contribution >= 0.6 is 0 Å². The lowest BCUT2D eigenvalue weighted by Gasteiger charge is -2.17. The highest BCUT2D eigenvalue weighted by molar-refractivity contribution is 5.32. The van der Waals surface area contributed by atoms with Crippen LogP contribution in [0.5, 0.6) is 5.75 Å². The summed E-state index contributed by atoms with van der Waals surface area (Å²) in [5.41, 5.74) is 5.79. The summed E-state index contributed by atoms with van der Waals surface area (Å²) in [6, 6.07) is 2.20. The summed E-state index contributed by atoms with van der Waals surface area (Å²) in [5.74, 6) is -0.873. The van der Waals surface area contributed by atoms with Crippen LogP contribution in [-0.2, 0) is 0 Å². The van der Waals surface area contributed by atoms with Crippen molar-refractivity contribution in [3.05, 3.63) is 29.6 Å². The van der Waals surface area contributed by atoms with Gasteiger partial charge in [0.1, 0.15) is 11.6 Å². The van der Waals surface area contributed by atoms with E-state index in [1.807, 2.05) is 13.8 Å². The summed E-state index contributed by atoms with van der Waals surface area (Å²) in [6.45, 7) is 3.79. The Kier molecular flexibility index (Phi) is 4.56. The molecule has 1 rings (SSSR count). The smallest absolute Gasteiger partial charge is 0.406 e. The Balaban J connectivity index is 2.94. The Bertz CT molecular complexity index is 404. The lowest BCUT2D eigenvalue weighted by atomic mass is 9.97. The van der Waals surface area contributed by atoms with E-state index in [-0.39, 0.29) is 11.5 Å². The van der Waals surface area contributed by atoms with Gasteiger partial charge in [0.15, 0.2) is 0 Å². The molecule has 0 saturated carbocycles. The average molecular weight is 265 g/mol. The summed E-state index contributed by atoms with van der Waals surface area (Å²) in [6.07, 6.45) is -4.32. The van der Waals surface area contributed by atoms with E-state index in [2.05, 4.69) is 4.74 Å². The van der Waals surface area contributed by atoms with E-state index in [9.17, 15) is 17.6 Å². The van der Waals surface area contributed by atoms with Gasteiger partial charge in [0.05, 0.1) is 0 Å². The SMILES string of the molecule is CC(C)CC(N)c1cc(OC(F)(F)F)ccc1F. The predicted octanol–water partition coefficient (Wildman–Crippen LogP) is 3.77. The van der Waals surface area contributed by atoms with Crippen LogP contribution in [0.4, 0.5) is 17.6 Å². The maximum Gasteiger partial charge on any atom is 0.573 e. The van der Waals surface area contributed by atoms with Crippen molar-refractivity contribution in [1.82, 2.24) is 0 Å². The second-order valence-electron chi connectivity index (χ2n) is 4.47. The number of nitrogens with two attached hydrogens (primary N) is 1. The first-order chi connectivity index (χ1) is 8.19. The first-order valence-electron chi connectivity index (χ1n) is 5.50. The molecule has 0 aliphatic heterocycles. The fraction of sp³-hybridized carbons (Fsp3) is 0.500. The molecule has 1 aromatic carbocycles. The molecule has 0 bridgehead atoms. The average Bonchev–Trinajstić information content (AvgIpc) is 2.17. The molecule has 0 spiro atoms. The molecule has 0 radical (unpaired) electrons. The van der Waals surface area contributed by atoms with E-state index in [4.69, 9.17) is 5.73 Å². The van der Waals surface area contributed by atoms with Gasteiger partial charge < -0.3 is 10.5 Å². The van der Waals surface area contributed by atoms with Gasteiger partial charge >= 0.3 is 6.36 Å². The third-order valence-electron chi connectivity index (χ3n) is 2.33. The van der Waals surface area contributed by atoms with Crippen molar-refractivity contribution >= 4 is 0 Å². The predicted molar refractivity (Wildman–Crippen MR) is 59.5 cm³/mol. The Morgan fingerprint density at radius 3 is 2.39 bits per heavy atom. The number of alkyl halides is 3. The number of ether oxygens (including phenoxy) is 1. The first-order valence-corrected chi connectivity index (χ1v) is 5.50. The molecule has 0 saturated heterocycles. The molecule has 2 N–H and O–H groups in total. The zero-order valence-corrected chi connectivity index (χ0v) is 10.1. The minimum Gasteiger partial charge on any atom is -0.406 e. The molecule has 1 unspecified atom stereocenters. The lowest BCUT2D eigenvalue weighted by Crippen LogP contribution is -2.19. The van der Waals surface area contributed by atoms with E-state index < -0.39 is 24.0 Å². The monoisotopic (exact) mass is 265 g/mol. The van der Waals surface area contributed by atoms with Gasteiger partial charge in [0.25, 0.3) is 0 Å². The molecule has 6 heteroatoms. The van der Waals surface area contributed by atoms with Crippen LogP contribution in [0.3, 0.4) is 0 Å². The summed E-state index contributed by atoms with van der Waals surface area (Å²) in [7, 11) is 0. The van der Waals surface area contributed by atoms with Crippen molar-refractivity contribution in [2.75, 3.05) is 0 Å². The van der Waals surface area contributed by atoms with Crippen LogP contribution < -0.4 is 10.5 Å². The Labute approximate surface area is 103 Å². The maximum absolute atomic E-state index is 13.5. The molecule has 0 aromatic heterocycles. The Hall–Kier alpha value is -1.30. The molecule has 2 nitrogen and oxygen atoms in total. The molecule has 1 aromatic rings. The largest absolute Gasteiger partial charge is 0.573 e. The topological polar surface area (TPSA) is 35.2 Å². The van der Waals surface area contributed by atoms with Gasteiger partial charge in [-0.2, -0.15) is 0 Å². The zero-order valence-electron chi connectivity index (χ0n) is 10.1. The summed E-state index contributed by atoms with van der Waals surface area (Å²) < 4.78 is 53.3. The van der Waals surface area contributed by atoms with Crippen molar-refractivity contribution in [3.63, 3.8) is 0 Å². The fourth-order valence-electron chi connectivity index (χ4n) is 1.64. The number of hydrogen-bond donors (Lipinski definition) is 1. The minimum absolute atomic E-state index is 0.0328. The van der Waals surface area contributed by atoms with E-state index in [0.29, 0.717) is 6.42 Å². The van der Waals surface area contributed by atoms with Gasteiger partial charge in [-0.1, -0.05) is 13.8 Å². The number of hydrogen-bond acceptors (Lipinski definition) is 2. The van der Waals surface area contributed by atoms with Crippen LogP contribution in [0.2, 0.25) is 0 Å². The highest BCUT2D eigenvalue weighted by Crippen LogP contribution is 2.28. The van der Waals surface area contributed by atoms with Gasteiger partial charge in [-0.25, -0.2) is 4.39 Å². The van der Waals surface area contributed by atoms with Crippen LogP contribution in [-0.4, -0.2) is 6.36 Å². The quantitative estimate of drug-likeness (QED) is 0.841. The normalized spacial score (nSPS) is 13.8. The summed E-state index contributed by atoms with van der Waals surface area (Å²) >= 11 is 0. The Morgan fingerprint density at radius 2 is 1.89 bits per heavy atom. The van der Waals surface area contributed by atoms with E-state index >= 15 is 0 Å². The first kappa shape index (κ1) is 14.8. The maximum atomic E-state index is 13.5. The molecule has 1 atom stereocenters. The second-order valence-corrected chi connectivity index (χ2v) is 4.47. The number of rotatable bonds is 4. The van der Waals surface area contributed by atoms with E-state index in [1.165, 1.54) is 0 Å². The molecule has 0 amide bonds. The zero-order chi connectivity index (χ0) is 13.9. The molecule has 0 fully saturated rings. The summed E-state index contributed by atoms with van der Waals surface area (Å²) in [5, 5.41) is 0. The lowest BCUT2D eigenvalue weighted by molar-refractivity contribution is -0.274. The number of benzene rings is 1. The number of halogens is 4. The molecule has 0 aliphatic carbocycles. The van der Waals surface area contributed by atoms with Crippen molar-refractivity contribution < 1.29 is 22.3 Å². The van der Waals surface area contributed by atoms with Crippen molar-refractivity contribution in [1.29, 1.82) is 0 Å². The van der Waals surface area contributed by atoms with Gasteiger partial charge in [-0.3, -0.25) is 0 Å². The second kappa shape index (κ2) is 5.56. The van der Waals surface area contributed by atoms with Crippen molar-refractivity contribution in [3.8, 4) is 5.75 Å². The Morgan fingerprint density at radius 1 is 1.28 bits per heavy atom. The molecule has 0 heterocycles. The standard InChI is InChI=1S/C12H15F4NO/c1-7(2)5-11(17)9-6-8(3-4-10(9)13)18-12(14,15)16/h3-4,6-7,11H,5,17H2,1-2H3. The van der Waals surface area contributed by atoms with E-state index in [0.717, 1.165) is 18.2 Å². The minimum atomic E-state index is -4.79. The highest BCUT2D eigenvalue weighted by Gasteiger charge is 2.31. The van der Waals surface area contributed by atoms with Gasteiger partial charge in [0, 0.05) is 11.6 Å². The fourth-order valence-corrected chi connectivity index (χ4v) is 1.64. The van der Waals surface area contributed by atoms with Crippen LogP contribution in [0.25, 0.3) is 0 Å². The van der Waals surface area contributed by atoms with Crippen LogP contribution in [0.1, 0.15) is 31.9 Å². The van der Waals surface area contributed by atoms with Gasteiger partial charge in [-0.15, -0.1) is 13.2 Å². The van der Waals surface area contributed by atoms with Gasteiger partial charge in [0.2, 0.25) is 0 Å². The van der Waals surface area contributed by atoms with Gasteiger partial charge in [-0.05, 0) is 30.5 Å². The highest BCUT2D eigenvalue weighted by atomic mass is 19.4. The molecule has 0 aliphatic rings. The molecular weight excluding hydrogens is 250 g/mol. The van der Waals surface area contributed by atoms with Crippen molar-refractivity contribution in [2.45, 2.75) is 32.7 Å². The summed E-state index contributed by atoms with van der Waals surface area (Å²) in [4.78, 5) is 0. The molecule has 18 heavy (non-hydrogen) atoms. The molecule has 102 valence electrons. The van der Waals surface area contributed by atoms with Crippen LogP contribution in [0, 0.1) is 11.7 Å². The third-order valence-corrected chi connectivity index (χ3v) is 2.33. The van der Waals surface area contributed by atoms with Crippen molar-refractivity contribution in [2.24, 2.45) is 11.7 Å². The third kappa shape index (κ3) is 4.52.